The molecule has 0 atom stereocenters. The van der Waals surface area contributed by atoms with Gasteiger partial charge in [0, 0.05) is 6.54 Å². The number of hydrogen-bond donors (Lipinski definition) is 1. The number of hydrogen-bond acceptors (Lipinski definition) is 2. The summed E-state index contributed by atoms with van der Waals surface area (Å²) >= 11 is 5.90. The topological polar surface area (TPSA) is 54.9 Å². The van der Waals surface area contributed by atoms with Gasteiger partial charge in [-0.05, 0) is 11.3 Å². The van der Waals surface area contributed by atoms with E-state index in [0.29, 0.717) is 12.1 Å². The molecular formula is C12H19ClN2O2. The van der Waals surface area contributed by atoms with Crippen molar-refractivity contribution < 1.29 is 0 Å². The molecule has 1 rings (SSSR count). The molecule has 0 bridgehead atoms. The van der Waals surface area contributed by atoms with Gasteiger partial charge in [0.15, 0.2) is 0 Å². The lowest BCUT2D eigenvalue weighted by Gasteiger charge is -2.20. The third kappa shape index (κ3) is 3.22. The zero-order chi connectivity index (χ0) is 13.4. The van der Waals surface area contributed by atoms with Crippen molar-refractivity contribution in [3.8, 4) is 0 Å². The van der Waals surface area contributed by atoms with E-state index in [1.165, 1.54) is 4.57 Å². The highest BCUT2D eigenvalue weighted by atomic mass is 35.5. The van der Waals surface area contributed by atoms with Gasteiger partial charge in [-0.3, -0.25) is 14.3 Å². The molecule has 0 spiro atoms. The summed E-state index contributed by atoms with van der Waals surface area (Å²) in [4.78, 5) is 26.4. The molecule has 0 fully saturated rings. The maximum absolute atomic E-state index is 12.2. The smallest absolute Gasteiger partial charge is 0.297 e. The summed E-state index contributed by atoms with van der Waals surface area (Å²) in [6.45, 7) is 10.1. The first-order chi connectivity index (χ1) is 7.63. The molecule has 1 N–H and O–H groups in total. The molecule has 17 heavy (non-hydrogen) atoms. The van der Waals surface area contributed by atoms with Crippen molar-refractivity contribution in [2.24, 2.45) is 5.41 Å². The van der Waals surface area contributed by atoms with Crippen molar-refractivity contribution in [3.05, 3.63) is 31.6 Å². The van der Waals surface area contributed by atoms with Crippen LogP contribution in [0.3, 0.4) is 0 Å². The van der Waals surface area contributed by atoms with E-state index in [2.05, 4.69) is 4.98 Å². The van der Waals surface area contributed by atoms with Gasteiger partial charge in [-0.15, -0.1) is 0 Å². The Hall–Kier alpha value is -1.03. The van der Waals surface area contributed by atoms with Gasteiger partial charge in [0.2, 0.25) is 0 Å². The van der Waals surface area contributed by atoms with Crippen LogP contribution in [0.2, 0.25) is 5.15 Å². The highest BCUT2D eigenvalue weighted by molar-refractivity contribution is 6.30. The van der Waals surface area contributed by atoms with Crippen LogP contribution in [0.5, 0.6) is 0 Å². The average Bonchev–Trinajstić information content (AvgIpc) is 2.09. The molecule has 0 radical (unpaired) electrons. The molecular weight excluding hydrogens is 240 g/mol. The van der Waals surface area contributed by atoms with Crippen LogP contribution >= 0.6 is 11.6 Å². The third-order valence-electron chi connectivity index (χ3n) is 2.38. The summed E-state index contributed by atoms with van der Waals surface area (Å²) in [5, 5.41) is 0.153. The van der Waals surface area contributed by atoms with Gasteiger partial charge in [0.1, 0.15) is 5.15 Å². The number of aromatic amines is 1. The Labute approximate surface area is 106 Å². The standard InChI is InChI=1S/C12H19ClN2O2/c1-7(2)8-9(13)14-11(17)15(10(8)16)6-12(3,4)5/h7H,6H2,1-5H3,(H,14,17). The molecule has 0 aromatic carbocycles. The van der Waals surface area contributed by atoms with E-state index in [1.807, 2.05) is 34.6 Å². The van der Waals surface area contributed by atoms with Gasteiger partial charge in [-0.25, -0.2) is 4.79 Å². The number of nitrogens with zero attached hydrogens (tertiary/aromatic N) is 1. The molecule has 0 saturated heterocycles. The Bertz CT molecular complexity index is 521. The number of aromatic nitrogens is 2. The Morgan fingerprint density at radius 2 is 1.82 bits per heavy atom. The summed E-state index contributed by atoms with van der Waals surface area (Å²) in [5.41, 5.74) is -0.405. The fourth-order valence-corrected chi connectivity index (χ4v) is 2.06. The second-order valence-electron chi connectivity index (χ2n) is 5.76. The van der Waals surface area contributed by atoms with E-state index in [1.54, 1.807) is 0 Å². The normalized spacial score (nSPS) is 12.2. The van der Waals surface area contributed by atoms with Crippen LogP contribution in [-0.2, 0) is 6.54 Å². The zero-order valence-corrected chi connectivity index (χ0v) is 11.7. The van der Waals surface area contributed by atoms with E-state index in [0.717, 1.165) is 0 Å². The second kappa shape index (κ2) is 4.69. The van der Waals surface area contributed by atoms with Gasteiger partial charge in [-0.2, -0.15) is 0 Å². The summed E-state index contributed by atoms with van der Waals surface area (Å²) in [5.74, 6) is -0.0157. The predicted molar refractivity (Wildman–Crippen MR) is 69.9 cm³/mol. The summed E-state index contributed by atoms with van der Waals surface area (Å²) < 4.78 is 1.22. The van der Waals surface area contributed by atoms with Gasteiger partial charge < -0.3 is 0 Å². The van der Waals surface area contributed by atoms with Gasteiger partial charge in [0.05, 0.1) is 5.56 Å². The molecule has 0 unspecified atom stereocenters. The minimum absolute atomic E-state index is 0.0157. The van der Waals surface area contributed by atoms with E-state index in [4.69, 9.17) is 11.6 Å². The fraction of sp³-hybridized carbons (Fsp3) is 0.667. The lowest BCUT2D eigenvalue weighted by atomic mass is 9.96. The molecule has 0 aliphatic carbocycles. The molecule has 4 nitrogen and oxygen atoms in total. The second-order valence-corrected chi connectivity index (χ2v) is 6.14. The summed E-state index contributed by atoms with van der Waals surface area (Å²) in [6, 6.07) is 0. The highest BCUT2D eigenvalue weighted by Crippen LogP contribution is 2.18. The van der Waals surface area contributed by atoms with Crippen molar-refractivity contribution in [1.82, 2.24) is 9.55 Å². The number of rotatable bonds is 2. The summed E-state index contributed by atoms with van der Waals surface area (Å²) in [7, 11) is 0. The molecule has 96 valence electrons. The molecule has 1 aromatic rings. The van der Waals surface area contributed by atoms with Crippen molar-refractivity contribution in [2.45, 2.75) is 47.1 Å². The predicted octanol–water partition coefficient (Wildman–Crippen LogP) is 2.36. The summed E-state index contributed by atoms with van der Waals surface area (Å²) in [6.07, 6.45) is 0. The number of nitrogens with one attached hydrogen (secondary N) is 1. The van der Waals surface area contributed by atoms with E-state index >= 15 is 0 Å². The van der Waals surface area contributed by atoms with Crippen molar-refractivity contribution >= 4 is 11.6 Å². The highest BCUT2D eigenvalue weighted by Gasteiger charge is 2.19. The first kappa shape index (κ1) is 14.0. The maximum Gasteiger partial charge on any atom is 0.329 e. The van der Waals surface area contributed by atoms with E-state index in [-0.39, 0.29) is 22.0 Å². The Morgan fingerprint density at radius 1 is 1.29 bits per heavy atom. The number of halogens is 1. The lowest BCUT2D eigenvalue weighted by molar-refractivity contribution is 0.329. The SMILES string of the molecule is CC(C)c1c(Cl)[nH]c(=O)n(CC(C)(C)C)c1=O. The van der Waals surface area contributed by atoms with Crippen molar-refractivity contribution in [2.75, 3.05) is 0 Å². The van der Waals surface area contributed by atoms with Gasteiger partial charge >= 0.3 is 5.69 Å². The van der Waals surface area contributed by atoms with Crippen molar-refractivity contribution in [3.63, 3.8) is 0 Å². The molecule has 5 heteroatoms. The van der Waals surface area contributed by atoms with Crippen LogP contribution in [-0.4, -0.2) is 9.55 Å². The van der Waals surface area contributed by atoms with Crippen LogP contribution in [0.1, 0.15) is 46.1 Å². The van der Waals surface area contributed by atoms with Gasteiger partial charge in [-0.1, -0.05) is 46.2 Å². The lowest BCUT2D eigenvalue weighted by Crippen LogP contribution is -2.40. The minimum atomic E-state index is -0.445. The molecule has 0 aliphatic rings. The van der Waals surface area contributed by atoms with E-state index in [9.17, 15) is 9.59 Å². The zero-order valence-electron chi connectivity index (χ0n) is 10.9. The maximum atomic E-state index is 12.2. The van der Waals surface area contributed by atoms with Crippen LogP contribution in [0.4, 0.5) is 0 Å². The minimum Gasteiger partial charge on any atom is -0.297 e. The largest absolute Gasteiger partial charge is 0.329 e. The monoisotopic (exact) mass is 258 g/mol. The Kier molecular flexibility index (Phi) is 3.87. The molecule has 1 heterocycles. The quantitative estimate of drug-likeness (QED) is 0.828. The van der Waals surface area contributed by atoms with Crippen LogP contribution in [0.15, 0.2) is 9.59 Å². The third-order valence-corrected chi connectivity index (χ3v) is 2.68. The molecule has 0 amide bonds. The molecule has 1 aromatic heterocycles. The van der Waals surface area contributed by atoms with Crippen LogP contribution < -0.4 is 11.2 Å². The van der Waals surface area contributed by atoms with Crippen LogP contribution in [0.25, 0.3) is 0 Å². The van der Waals surface area contributed by atoms with Crippen molar-refractivity contribution in [1.29, 1.82) is 0 Å². The van der Waals surface area contributed by atoms with Gasteiger partial charge in [0.25, 0.3) is 5.56 Å². The fourth-order valence-electron chi connectivity index (χ4n) is 1.68. The first-order valence-corrected chi connectivity index (χ1v) is 6.04. The van der Waals surface area contributed by atoms with Crippen LogP contribution in [0, 0.1) is 5.41 Å². The molecule has 0 aliphatic heterocycles. The number of H-pyrrole nitrogens is 1. The Morgan fingerprint density at radius 3 is 2.24 bits per heavy atom. The van der Waals surface area contributed by atoms with E-state index < -0.39 is 5.69 Å². The average molecular weight is 259 g/mol. The Balaban J connectivity index is 3.48. The molecule has 0 saturated carbocycles. The first-order valence-electron chi connectivity index (χ1n) is 5.66.